The smallest absolute Gasteiger partial charge is 0.291 e. The Morgan fingerprint density at radius 1 is 1.00 bits per heavy atom. The molecule has 0 radical (unpaired) electrons. The van der Waals surface area contributed by atoms with Crippen LogP contribution in [0.4, 0.5) is 5.69 Å². The second-order valence-corrected chi connectivity index (χ2v) is 7.69. The highest BCUT2D eigenvalue weighted by atomic mass is 35.5. The fourth-order valence-corrected chi connectivity index (χ4v) is 3.14. The van der Waals surface area contributed by atoms with Gasteiger partial charge >= 0.3 is 0 Å². The average molecular weight is 446 g/mol. The Labute approximate surface area is 184 Å². The predicted molar refractivity (Wildman–Crippen MR) is 119 cm³/mol. The minimum Gasteiger partial charge on any atom is -0.451 e. The van der Waals surface area contributed by atoms with Crippen LogP contribution in [0, 0.1) is 0 Å². The second kappa shape index (κ2) is 9.80. The number of nitrogens with one attached hydrogen (secondary N) is 2. The molecule has 3 aromatic rings. The van der Waals surface area contributed by atoms with Crippen LogP contribution in [0.25, 0.3) is 11.3 Å². The number of nitrogens with zero attached hydrogens (tertiary/aromatic N) is 1. The number of likely N-dealkylation sites (N-methyl/N-ethyl adjacent to an activating group) is 1. The highest BCUT2D eigenvalue weighted by Crippen LogP contribution is 2.32. The van der Waals surface area contributed by atoms with E-state index in [-0.39, 0.29) is 11.7 Å². The molecule has 0 bridgehead atoms. The topological polar surface area (TPSA) is 74.6 Å². The number of amides is 2. The Morgan fingerprint density at radius 2 is 1.77 bits per heavy atom. The van der Waals surface area contributed by atoms with Crippen LogP contribution < -0.4 is 10.6 Å². The molecule has 2 aromatic carbocycles. The van der Waals surface area contributed by atoms with Crippen molar-refractivity contribution in [2.45, 2.75) is 0 Å². The van der Waals surface area contributed by atoms with Crippen LogP contribution in [0.3, 0.4) is 0 Å². The van der Waals surface area contributed by atoms with Crippen LogP contribution in [0.1, 0.15) is 20.9 Å². The Hall–Kier alpha value is -2.80. The van der Waals surface area contributed by atoms with Crippen molar-refractivity contribution in [2.24, 2.45) is 0 Å². The molecule has 1 heterocycles. The summed E-state index contributed by atoms with van der Waals surface area (Å²) in [4.78, 5) is 27.1. The molecule has 0 saturated carbocycles. The third-order valence-corrected chi connectivity index (χ3v) is 4.85. The van der Waals surface area contributed by atoms with Gasteiger partial charge in [0, 0.05) is 23.7 Å². The van der Waals surface area contributed by atoms with E-state index < -0.39 is 5.91 Å². The molecular formula is C22H21Cl2N3O3. The summed E-state index contributed by atoms with van der Waals surface area (Å²) in [7, 11) is 3.85. The predicted octanol–water partition coefficient (Wildman–Crippen LogP) is 4.80. The molecule has 2 N–H and O–H groups in total. The van der Waals surface area contributed by atoms with Crippen molar-refractivity contribution in [3.63, 3.8) is 0 Å². The van der Waals surface area contributed by atoms with Gasteiger partial charge in [-0.05, 0) is 56.6 Å². The quantitative estimate of drug-likeness (QED) is 0.547. The molecule has 0 unspecified atom stereocenters. The maximum atomic E-state index is 12.7. The zero-order valence-electron chi connectivity index (χ0n) is 16.5. The SMILES string of the molecule is CN(C)CCNC(=O)c1ccccc1NC(=O)c1ccc(-c2cc(Cl)ccc2Cl)o1. The van der Waals surface area contributed by atoms with Crippen molar-refractivity contribution in [1.29, 1.82) is 0 Å². The summed E-state index contributed by atoms with van der Waals surface area (Å²) in [6.45, 7) is 1.21. The van der Waals surface area contributed by atoms with Gasteiger partial charge in [0.15, 0.2) is 5.76 Å². The number of hydrogen-bond acceptors (Lipinski definition) is 4. The molecule has 156 valence electrons. The van der Waals surface area contributed by atoms with E-state index in [4.69, 9.17) is 27.6 Å². The van der Waals surface area contributed by atoms with Crippen LogP contribution >= 0.6 is 23.2 Å². The van der Waals surface area contributed by atoms with Crippen molar-refractivity contribution in [2.75, 3.05) is 32.5 Å². The number of anilines is 1. The normalized spacial score (nSPS) is 10.8. The lowest BCUT2D eigenvalue weighted by Gasteiger charge is -2.13. The number of hydrogen-bond donors (Lipinski definition) is 2. The molecule has 0 fully saturated rings. The Bertz CT molecular complexity index is 1060. The minimum absolute atomic E-state index is 0.0869. The van der Waals surface area contributed by atoms with Crippen LogP contribution in [0.15, 0.2) is 59.0 Å². The lowest BCUT2D eigenvalue weighted by Crippen LogP contribution is -2.32. The molecule has 30 heavy (non-hydrogen) atoms. The minimum atomic E-state index is -0.479. The summed E-state index contributed by atoms with van der Waals surface area (Å²) in [6.07, 6.45) is 0. The monoisotopic (exact) mass is 445 g/mol. The number of rotatable bonds is 7. The summed E-state index contributed by atoms with van der Waals surface area (Å²) in [6, 6.07) is 15.0. The number of carbonyl (C=O) groups is 2. The summed E-state index contributed by atoms with van der Waals surface area (Å²) in [5.74, 6) is -0.238. The van der Waals surface area contributed by atoms with Crippen molar-refractivity contribution in [1.82, 2.24) is 10.2 Å². The van der Waals surface area contributed by atoms with Gasteiger partial charge in [0.2, 0.25) is 0 Å². The molecule has 8 heteroatoms. The highest BCUT2D eigenvalue weighted by Gasteiger charge is 2.17. The molecule has 0 aliphatic heterocycles. The van der Waals surface area contributed by atoms with Crippen LogP contribution in [0.2, 0.25) is 10.0 Å². The highest BCUT2D eigenvalue weighted by molar-refractivity contribution is 6.35. The summed E-state index contributed by atoms with van der Waals surface area (Å²) >= 11 is 12.2. The Balaban J connectivity index is 1.75. The summed E-state index contributed by atoms with van der Waals surface area (Å²) in [5, 5.41) is 6.54. The third kappa shape index (κ3) is 5.42. The number of carbonyl (C=O) groups excluding carboxylic acids is 2. The van der Waals surface area contributed by atoms with E-state index in [0.29, 0.717) is 45.7 Å². The van der Waals surface area contributed by atoms with Gasteiger partial charge in [-0.25, -0.2) is 0 Å². The van der Waals surface area contributed by atoms with Gasteiger partial charge in [-0.3, -0.25) is 9.59 Å². The van der Waals surface area contributed by atoms with Gasteiger partial charge in [0.1, 0.15) is 5.76 Å². The number of para-hydroxylation sites is 1. The van der Waals surface area contributed by atoms with E-state index in [1.807, 2.05) is 19.0 Å². The van der Waals surface area contributed by atoms with Gasteiger partial charge in [-0.15, -0.1) is 0 Å². The first-order valence-electron chi connectivity index (χ1n) is 9.23. The number of benzene rings is 2. The van der Waals surface area contributed by atoms with Crippen LogP contribution in [0.5, 0.6) is 0 Å². The third-order valence-electron chi connectivity index (χ3n) is 4.29. The molecule has 0 atom stereocenters. The largest absolute Gasteiger partial charge is 0.451 e. The lowest BCUT2D eigenvalue weighted by atomic mass is 10.1. The van der Waals surface area contributed by atoms with Crippen LogP contribution in [-0.2, 0) is 0 Å². The molecular weight excluding hydrogens is 425 g/mol. The van der Waals surface area contributed by atoms with Gasteiger partial charge in [-0.2, -0.15) is 0 Å². The van der Waals surface area contributed by atoms with E-state index in [9.17, 15) is 9.59 Å². The Kier molecular flexibility index (Phi) is 7.15. The van der Waals surface area contributed by atoms with Gasteiger partial charge in [0.05, 0.1) is 16.3 Å². The van der Waals surface area contributed by atoms with Gasteiger partial charge in [0.25, 0.3) is 11.8 Å². The van der Waals surface area contributed by atoms with Crippen molar-refractivity contribution in [3.8, 4) is 11.3 Å². The summed E-state index contributed by atoms with van der Waals surface area (Å²) < 4.78 is 5.67. The van der Waals surface area contributed by atoms with E-state index in [1.54, 1.807) is 54.6 Å². The molecule has 0 spiro atoms. The van der Waals surface area contributed by atoms with E-state index >= 15 is 0 Å². The standard InChI is InChI=1S/C22H21Cl2N3O3/c1-27(2)12-11-25-21(28)15-5-3-4-6-18(15)26-22(29)20-10-9-19(30-20)16-13-14(23)7-8-17(16)24/h3-10,13H,11-12H2,1-2H3,(H,25,28)(H,26,29). The molecule has 3 rings (SSSR count). The molecule has 0 aliphatic rings. The maximum absolute atomic E-state index is 12.7. The van der Waals surface area contributed by atoms with E-state index in [2.05, 4.69) is 10.6 Å². The molecule has 1 aromatic heterocycles. The van der Waals surface area contributed by atoms with Crippen molar-refractivity contribution >= 4 is 40.7 Å². The first-order chi connectivity index (χ1) is 14.3. The lowest BCUT2D eigenvalue weighted by molar-refractivity contribution is 0.0952. The zero-order valence-corrected chi connectivity index (χ0v) is 18.1. The second-order valence-electron chi connectivity index (χ2n) is 6.85. The van der Waals surface area contributed by atoms with E-state index in [0.717, 1.165) is 0 Å². The summed E-state index contributed by atoms with van der Waals surface area (Å²) in [5.41, 5.74) is 1.35. The average Bonchev–Trinajstić information content (AvgIpc) is 3.20. The maximum Gasteiger partial charge on any atom is 0.291 e. The molecule has 2 amide bonds. The van der Waals surface area contributed by atoms with Crippen molar-refractivity contribution < 1.29 is 14.0 Å². The van der Waals surface area contributed by atoms with Gasteiger partial charge in [-0.1, -0.05) is 35.3 Å². The first kappa shape index (κ1) is 21.9. The van der Waals surface area contributed by atoms with Gasteiger partial charge < -0.3 is 20.0 Å². The van der Waals surface area contributed by atoms with E-state index in [1.165, 1.54) is 0 Å². The fraction of sp³-hybridized carbons (Fsp3) is 0.182. The molecule has 6 nitrogen and oxygen atoms in total. The van der Waals surface area contributed by atoms with Crippen molar-refractivity contribution in [3.05, 3.63) is 76.0 Å². The van der Waals surface area contributed by atoms with Crippen LogP contribution in [-0.4, -0.2) is 43.9 Å². The number of halogens is 2. The first-order valence-corrected chi connectivity index (χ1v) is 9.99. The Morgan fingerprint density at radius 3 is 2.53 bits per heavy atom. The molecule has 0 saturated heterocycles. The fourth-order valence-electron chi connectivity index (χ4n) is 2.75. The molecule has 0 aliphatic carbocycles. The number of furan rings is 1. The zero-order chi connectivity index (χ0) is 21.7.